The van der Waals surface area contributed by atoms with E-state index in [1.165, 1.54) is 0 Å². The van der Waals surface area contributed by atoms with E-state index >= 15 is 0 Å². The quantitative estimate of drug-likeness (QED) is 0.872. The van der Waals surface area contributed by atoms with Crippen molar-refractivity contribution in [2.24, 2.45) is 0 Å². The molecule has 0 amide bonds. The Bertz CT molecular complexity index is 753. The summed E-state index contributed by atoms with van der Waals surface area (Å²) in [6, 6.07) is 6.63. The lowest BCUT2D eigenvalue weighted by molar-refractivity contribution is 0.0525. The van der Waals surface area contributed by atoms with Crippen LogP contribution in [0.4, 0.5) is 0 Å². The molecule has 1 N–H and O–H groups in total. The fourth-order valence-corrected chi connectivity index (χ4v) is 2.28. The molecule has 0 aliphatic heterocycles. The van der Waals surface area contributed by atoms with Gasteiger partial charge in [0.2, 0.25) is 0 Å². The second-order valence-corrected chi connectivity index (χ2v) is 5.23. The maximum absolute atomic E-state index is 12.1. The van der Waals surface area contributed by atoms with E-state index in [-0.39, 0.29) is 12.2 Å². The predicted molar refractivity (Wildman–Crippen MR) is 83.2 cm³/mol. The van der Waals surface area contributed by atoms with Crippen LogP contribution in [0.15, 0.2) is 29.1 Å². The lowest BCUT2D eigenvalue weighted by atomic mass is 10.0. The molecule has 0 saturated heterocycles. The highest BCUT2D eigenvalue weighted by Gasteiger charge is 2.19. The number of ether oxygens (including phenoxy) is 1. The first kappa shape index (κ1) is 15.6. The second-order valence-electron chi connectivity index (χ2n) is 4.42. The summed E-state index contributed by atoms with van der Waals surface area (Å²) in [4.78, 5) is 26.7. The Balaban J connectivity index is 2.69. The molecule has 0 unspecified atom stereocenters. The lowest BCUT2D eigenvalue weighted by Gasteiger charge is -2.10. The van der Waals surface area contributed by atoms with Gasteiger partial charge in [-0.25, -0.2) is 4.79 Å². The number of hydrogen-bond acceptors (Lipinski definition) is 3. The molecule has 0 atom stereocenters. The predicted octanol–water partition coefficient (Wildman–Crippen LogP) is 3.83. The van der Waals surface area contributed by atoms with Crippen molar-refractivity contribution in [2.45, 2.75) is 13.8 Å². The van der Waals surface area contributed by atoms with Gasteiger partial charge in [0.1, 0.15) is 5.56 Å². The molecule has 6 heteroatoms. The van der Waals surface area contributed by atoms with Crippen LogP contribution in [0, 0.1) is 6.92 Å². The number of pyridine rings is 1. The van der Waals surface area contributed by atoms with Crippen molar-refractivity contribution < 1.29 is 9.53 Å². The van der Waals surface area contributed by atoms with Crippen LogP contribution in [0.3, 0.4) is 0 Å². The van der Waals surface area contributed by atoms with Crippen molar-refractivity contribution in [3.05, 3.63) is 55.9 Å². The summed E-state index contributed by atoms with van der Waals surface area (Å²) in [5, 5.41) is 0.751. The van der Waals surface area contributed by atoms with E-state index in [1.807, 2.05) is 0 Å². The molecule has 0 bridgehead atoms. The molecule has 0 fully saturated rings. The molecule has 4 nitrogen and oxygen atoms in total. The molecular weight excluding hydrogens is 313 g/mol. The minimum absolute atomic E-state index is 0.0409. The zero-order valence-corrected chi connectivity index (χ0v) is 13.0. The van der Waals surface area contributed by atoms with E-state index < -0.39 is 11.5 Å². The number of H-pyrrole nitrogens is 1. The highest BCUT2D eigenvalue weighted by atomic mass is 35.5. The fourth-order valence-electron chi connectivity index (χ4n) is 1.99. The van der Waals surface area contributed by atoms with Gasteiger partial charge in [-0.15, -0.1) is 0 Å². The van der Waals surface area contributed by atoms with E-state index in [0.29, 0.717) is 26.9 Å². The summed E-state index contributed by atoms with van der Waals surface area (Å²) in [5.74, 6) is -0.667. The maximum atomic E-state index is 12.1. The van der Waals surface area contributed by atoms with Gasteiger partial charge >= 0.3 is 5.97 Å². The molecule has 0 radical (unpaired) electrons. The standard InChI is InChI=1S/C15H13Cl2NO3/c1-3-21-15(20)13-10(6-8(2)18-14(13)19)9-4-5-11(16)12(17)7-9/h4-7H,3H2,1-2H3,(H,18,19). The van der Waals surface area contributed by atoms with Crippen molar-refractivity contribution >= 4 is 29.2 Å². The van der Waals surface area contributed by atoms with Gasteiger partial charge in [-0.2, -0.15) is 0 Å². The van der Waals surface area contributed by atoms with Crippen LogP contribution in [-0.4, -0.2) is 17.6 Å². The number of carbonyl (C=O) groups excluding carboxylic acids is 1. The Labute approximate surface area is 131 Å². The minimum atomic E-state index is -0.667. The van der Waals surface area contributed by atoms with Crippen LogP contribution in [0.1, 0.15) is 23.0 Å². The number of esters is 1. The van der Waals surface area contributed by atoms with Crippen LogP contribution in [0.25, 0.3) is 11.1 Å². The number of halogens is 2. The lowest BCUT2D eigenvalue weighted by Crippen LogP contribution is -2.22. The number of hydrogen-bond donors (Lipinski definition) is 1. The Kier molecular flexibility index (Phi) is 4.70. The number of aryl methyl sites for hydroxylation is 1. The number of carbonyl (C=O) groups is 1. The van der Waals surface area contributed by atoms with Crippen LogP contribution < -0.4 is 5.56 Å². The molecule has 0 aliphatic carbocycles. The highest BCUT2D eigenvalue weighted by molar-refractivity contribution is 6.42. The van der Waals surface area contributed by atoms with Gasteiger partial charge in [-0.1, -0.05) is 29.3 Å². The van der Waals surface area contributed by atoms with E-state index in [1.54, 1.807) is 38.1 Å². The Morgan fingerprint density at radius 2 is 1.95 bits per heavy atom. The molecular formula is C15H13Cl2NO3. The molecule has 1 heterocycles. The minimum Gasteiger partial charge on any atom is -0.462 e. The summed E-state index contributed by atoms with van der Waals surface area (Å²) in [6.45, 7) is 3.60. The molecule has 21 heavy (non-hydrogen) atoms. The van der Waals surface area contributed by atoms with Gasteiger partial charge < -0.3 is 9.72 Å². The molecule has 1 aromatic heterocycles. The number of aromatic nitrogens is 1. The third-order valence-electron chi connectivity index (χ3n) is 2.88. The highest BCUT2D eigenvalue weighted by Crippen LogP contribution is 2.30. The van der Waals surface area contributed by atoms with Crippen LogP contribution in [0.5, 0.6) is 0 Å². The number of aromatic amines is 1. The van der Waals surface area contributed by atoms with Crippen LogP contribution >= 0.6 is 23.2 Å². The third kappa shape index (κ3) is 3.28. The maximum Gasteiger partial charge on any atom is 0.344 e. The summed E-state index contributed by atoms with van der Waals surface area (Å²) in [6.07, 6.45) is 0. The Morgan fingerprint density at radius 3 is 2.57 bits per heavy atom. The summed E-state index contributed by atoms with van der Waals surface area (Å²) in [5.41, 5.74) is 1.19. The van der Waals surface area contributed by atoms with Crippen molar-refractivity contribution in [2.75, 3.05) is 6.61 Å². The van der Waals surface area contributed by atoms with Gasteiger partial charge in [0.05, 0.1) is 16.7 Å². The summed E-state index contributed by atoms with van der Waals surface area (Å²) in [7, 11) is 0. The largest absolute Gasteiger partial charge is 0.462 e. The van der Waals surface area contributed by atoms with Gasteiger partial charge in [-0.05, 0) is 37.6 Å². The average Bonchev–Trinajstić information content (AvgIpc) is 2.41. The van der Waals surface area contributed by atoms with E-state index in [0.717, 1.165) is 0 Å². The van der Waals surface area contributed by atoms with Gasteiger partial charge in [0, 0.05) is 11.3 Å². The van der Waals surface area contributed by atoms with Crippen molar-refractivity contribution in [1.29, 1.82) is 0 Å². The van der Waals surface area contributed by atoms with E-state index in [4.69, 9.17) is 27.9 Å². The van der Waals surface area contributed by atoms with Crippen molar-refractivity contribution in [3.8, 4) is 11.1 Å². The van der Waals surface area contributed by atoms with Crippen LogP contribution in [0.2, 0.25) is 10.0 Å². The fraction of sp³-hybridized carbons (Fsp3) is 0.200. The SMILES string of the molecule is CCOC(=O)c1c(-c2ccc(Cl)c(Cl)c2)cc(C)[nH]c1=O. The molecule has 2 rings (SSSR count). The molecule has 1 aromatic carbocycles. The zero-order valence-electron chi connectivity index (χ0n) is 11.5. The monoisotopic (exact) mass is 325 g/mol. The van der Waals surface area contributed by atoms with Crippen molar-refractivity contribution in [1.82, 2.24) is 4.98 Å². The van der Waals surface area contributed by atoms with E-state index in [2.05, 4.69) is 4.98 Å². The molecule has 0 saturated carbocycles. The van der Waals surface area contributed by atoms with E-state index in [9.17, 15) is 9.59 Å². The summed E-state index contributed by atoms with van der Waals surface area (Å²) >= 11 is 11.9. The first-order chi connectivity index (χ1) is 9.93. The second kappa shape index (κ2) is 6.33. The first-order valence-electron chi connectivity index (χ1n) is 6.30. The summed E-state index contributed by atoms with van der Waals surface area (Å²) < 4.78 is 4.95. The first-order valence-corrected chi connectivity index (χ1v) is 7.06. The number of benzene rings is 1. The normalized spacial score (nSPS) is 10.5. The van der Waals surface area contributed by atoms with Gasteiger partial charge in [0.15, 0.2) is 0 Å². The van der Waals surface area contributed by atoms with Crippen molar-refractivity contribution in [3.63, 3.8) is 0 Å². The Hall–Kier alpha value is -1.78. The van der Waals surface area contributed by atoms with Gasteiger partial charge in [-0.3, -0.25) is 4.79 Å². The third-order valence-corrected chi connectivity index (χ3v) is 3.62. The van der Waals surface area contributed by atoms with Gasteiger partial charge in [0.25, 0.3) is 5.56 Å². The molecule has 0 aliphatic rings. The molecule has 110 valence electrons. The zero-order chi connectivity index (χ0) is 15.6. The number of rotatable bonds is 3. The van der Waals surface area contributed by atoms with Crippen LogP contribution in [-0.2, 0) is 4.74 Å². The number of nitrogens with one attached hydrogen (secondary N) is 1. The average molecular weight is 326 g/mol. The topological polar surface area (TPSA) is 59.2 Å². The smallest absolute Gasteiger partial charge is 0.344 e. The molecule has 0 spiro atoms. The Morgan fingerprint density at radius 1 is 1.24 bits per heavy atom. The molecule has 2 aromatic rings.